The van der Waals surface area contributed by atoms with Gasteiger partial charge >= 0.3 is 0 Å². The lowest BCUT2D eigenvalue weighted by Crippen LogP contribution is -2.36. The van der Waals surface area contributed by atoms with Crippen molar-refractivity contribution in [2.45, 2.75) is 32.5 Å². The van der Waals surface area contributed by atoms with E-state index < -0.39 is 0 Å². The topological polar surface area (TPSA) is 120 Å². The molecule has 1 amide bonds. The average molecular weight is 435 g/mol. The molecule has 0 bridgehead atoms. The molecule has 0 saturated heterocycles. The van der Waals surface area contributed by atoms with E-state index in [4.69, 9.17) is 22.0 Å². The first kappa shape index (κ1) is 22.4. The van der Waals surface area contributed by atoms with Gasteiger partial charge in [-0.2, -0.15) is 10.4 Å². The minimum absolute atomic E-state index is 0. The molecule has 152 valence electrons. The van der Waals surface area contributed by atoms with Crippen LogP contribution in [0.25, 0.3) is 11.3 Å². The lowest BCUT2D eigenvalue weighted by Gasteiger charge is -2.13. The molecule has 3 rings (SSSR count). The van der Waals surface area contributed by atoms with Gasteiger partial charge in [0.15, 0.2) is 0 Å². The molecular formula is C19H20Cl2N6O2. The van der Waals surface area contributed by atoms with Crippen LogP contribution in [0, 0.1) is 11.3 Å². The smallest absolute Gasteiger partial charge is 0.226 e. The number of imidazole rings is 1. The van der Waals surface area contributed by atoms with Crippen LogP contribution in [-0.4, -0.2) is 36.8 Å². The third kappa shape index (κ3) is 5.81. The summed E-state index contributed by atoms with van der Waals surface area (Å²) in [5.74, 6) is 0.287. The van der Waals surface area contributed by atoms with Gasteiger partial charge in [0.2, 0.25) is 5.91 Å². The summed E-state index contributed by atoms with van der Waals surface area (Å²) in [6, 6.07) is 8.92. The van der Waals surface area contributed by atoms with E-state index in [1.807, 2.05) is 25.3 Å². The maximum Gasteiger partial charge on any atom is 0.226 e. The molecule has 1 aromatic carbocycles. The van der Waals surface area contributed by atoms with Crippen molar-refractivity contribution in [2.24, 2.45) is 0 Å². The minimum atomic E-state index is -0.190. The molecule has 2 heterocycles. The number of carbonyl (C=O) groups excluding carboxylic acids is 1. The number of aliphatic hydroxyl groups excluding tert-OH is 1. The Kier molecular flexibility index (Phi) is 7.79. The number of H-pyrrole nitrogens is 1. The summed E-state index contributed by atoms with van der Waals surface area (Å²) in [6.07, 6.45) is 3.52. The highest BCUT2D eigenvalue weighted by Gasteiger charge is 2.12. The van der Waals surface area contributed by atoms with E-state index in [2.05, 4.69) is 20.4 Å². The lowest BCUT2D eigenvalue weighted by molar-refractivity contribution is -0.121. The summed E-state index contributed by atoms with van der Waals surface area (Å²) in [4.78, 5) is 19.0. The van der Waals surface area contributed by atoms with Crippen LogP contribution in [0.2, 0.25) is 5.02 Å². The number of nitriles is 1. The Labute approximate surface area is 178 Å². The predicted octanol–water partition coefficient (Wildman–Crippen LogP) is 2.46. The molecule has 2 aromatic heterocycles. The largest absolute Gasteiger partial charge is 0.388 e. The van der Waals surface area contributed by atoms with Gasteiger partial charge in [0.25, 0.3) is 0 Å². The summed E-state index contributed by atoms with van der Waals surface area (Å²) in [5.41, 5.74) is 2.62. The van der Waals surface area contributed by atoms with Crippen molar-refractivity contribution in [3.8, 4) is 17.3 Å². The van der Waals surface area contributed by atoms with Crippen molar-refractivity contribution < 1.29 is 9.90 Å². The number of aliphatic hydroxyl groups is 1. The Morgan fingerprint density at radius 3 is 2.90 bits per heavy atom. The number of hydrogen-bond acceptors (Lipinski definition) is 5. The van der Waals surface area contributed by atoms with Crippen LogP contribution in [0.3, 0.4) is 0 Å². The van der Waals surface area contributed by atoms with E-state index in [0.29, 0.717) is 28.6 Å². The Morgan fingerprint density at radius 1 is 1.45 bits per heavy atom. The van der Waals surface area contributed by atoms with E-state index in [1.54, 1.807) is 22.9 Å². The van der Waals surface area contributed by atoms with E-state index in [9.17, 15) is 4.79 Å². The second-order valence-corrected chi connectivity index (χ2v) is 6.80. The molecule has 0 spiro atoms. The van der Waals surface area contributed by atoms with Crippen molar-refractivity contribution in [1.29, 1.82) is 5.26 Å². The number of rotatable bonds is 7. The first-order chi connectivity index (χ1) is 13.5. The fourth-order valence-corrected chi connectivity index (χ4v) is 3.01. The molecule has 0 aliphatic carbocycles. The third-order valence-electron chi connectivity index (χ3n) is 4.08. The first-order valence-electron chi connectivity index (χ1n) is 8.65. The van der Waals surface area contributed by atoms with E-state index in [-0.39, 0.29) is 37.4 Å². The number of aromatic amines is 1. The standard InChI is InChI=1S/C19H19ClN6O2.ClH/c1-12(23-19(28)7-15-9-22-18(11-27)24-15)10-26-5-4-17(25-26)13-2-3-14(8-21)16(20)6-13;/h2-6,9,12,27H,7,10-11H2,1H3,(H,22,24)(H,23,28);1H/t12-;/m0./s1. The van der Waals surface area contributed by atoms with E-state index in [0.717, 1.165) is 11.3 Å². The van der Waals surface area contributed by atoms with Gasteiger partial charge in [-0.1, -0.05) is 17.7 Å². The monoisotopic (exact) mass is 434 g/mol. The zero-order valence-electron chi connectivity index (χ0n) is 15.6. The fraction of sp³-hybridized carbons (Fsp3) is 0.263. The van der Waals surface area contributed by atoms with Crippen molar-refractivity contribution in [3.63, 3.8) is 0 Å². The molecule has 8 nitrogen and oxygen atoms in total. The minimum Gasteiger partial charge on any atom is -0.388 e. The maximum absolute atomic E-state index is 12.1. The molecule has 29 heavy (non-hydrogen) atoms. The summed E-state index contributed by atoms with van der Waals surface area (Å²) in [6.45, 7) is 2.20. The van der Waals surface area contributed by atoms with Gasteiger partial charge in [0.1, 0.15) is 18.5 Å². The predicted molar refractivity (Wildman–Crippen MR) is 110 cm³/mol. The molecule has 0 radical (unpaired) electrons. The number of nitrogens with one attached hydrogen (secondary N) is 2. The van der Waals surface area contributed by atoms with Crippen molar-refractivity contribution in [1.82, 2.24) is 25.1 Å². The second kappa shape index (κ2) is 10.1. The molecule has 0 fully saturated rings. The summed E-state index contributed by atoms with van der Waals surface area (Å²) < 4.78 is 1.74. The number of carbonyl (C=O) groups is 1. The van der Waals surface area contributed by atoms with Crippen LogP contribution in [0.1, 0.15) is 24.0 Å². The van der Waals surface area contributed by atoms with Crippen LogP contribution in [0.4, 0.5) is 0 Å². The highest BCUT2D eigenvalue weighted by atomic mass is 35.5. The highest BCUT2D eigenvalue weighted by Crippen LogP contribution is 2.24. The fourth-order valence-electron chi connectivity index (χ4n) is 2.78. The molecular weight excluding hydrogens is 415 g/mol. The number of aromatic nitrogens is 4. The van der Waals surface area contributed by atoms with E-state index in [1.165, 1.54) is 6.20 Å². The van der Waals surface area contributed by atoms with Crippen LogP contribution in [0.5, 0.6) is 0 Å². The Balaban J connectivity index is 0.00000300. The molecule has 0 unspecified atom stereocenters. The Morgan fingerprint density at radius 2 is 2.24 bits per heavy atom. The number of benzene rings is 1. The van der Waals surface area contributed by atoms with Crippen LogP contribution in [0.15, 0.2) is 36.7 Å². The van der Waals surface area contributed by atoms with Crippen molar-refractivity contribution >= 4 is 29.9 Å². The molecule has 3 N–H and O–H groups in total. The SMILES string of the molecule is C[C@@H](Cn1ccc(-c2ccc(C#N)c(Cl)c2)n1)NC(=O)Cc1cnc(CO)[nH]1.Cl. The molecule has 0 aliphatic heterocycles. The second-order valence-electron chi connectivity index (χ2n) is 6.39. The van der Waals surface area contributed by atoms with Crippen LogP contribution < -0.4 is 5.32 Å². The highest BCUT2D eigenvalue weighted by molar-refractivity contribution is 6.32. The molecule has 10 heteroatoms. The number of halogens is 2. The molecule has 3 aromatic rings. The van der Waals surface area contributed by atoms with Gasteiger partial charge in [-0.15, -0.1) is 12.4 Å². The van der Waals surface area contributed by atoms with Crippen molar-refractivity contribution in [2.75, 3.05) is 0 Å². The number of amides is 1. The maximum atomic E-state index is 12.1. The average Bonchev–Trinajstić information content (AvgIpc) is 3.30. The Hall–Kier alpha value is -2.86. The van der Waals surface area contributed by atoms with Gasteiger partial charge in [0, 0.05) is 29.7 Å². The van der Waals surface area contributed by atoms with Gasteiger partial charge in [-0.25, -0.2) is 4.98 Å². The van der Waals surface area contributed by atoms with Crippen molar-refractivity contribution in [3.05, 3.63) is 58.8 Å². The lowest BCUT2D eigenvalue weighted by atomic mass is 10.1. The van der Waals surface area contributed by atoms with Crippen LogP contribution in [-0.2, 0) is 24.4 Å². The van der Waals surface area contributed by atoms with E-state index >= 15 is 0 Å². The summed E-state index contributed by atoms with van der Waals surface area (Å²) >= 11 is 6.08. The molecule has 1 atom stereocenters. The van der Waals surface area contributed by atoms with Gasteiger partial charge in [0.05, 0.1) is 29.2 Å². The van der Waals surface area contributed by atoms with Gasteiger partial charge in [-0.3, -0.25) is 9.48 Å². The zero-order chi connectivity index (χ0) is 20.1. The number of hydrogen-bond donors (Lipinski definition) is 3. The molecule has 0 aliphatic rings. The number of nitrogens with zero attached hydrogens (tertiary/aromatic N) is 4. The zero-order valence-corrected chi connectivity index (χ0v) is 17.2. The van der Waals surface area contributed by atoms with Gasteiger partial charge < -0.3 is 15.4 Å². The third-order valence-corrected chi connectivity index (χ3v) is 4.39. The normalized spacial score (nSPS) is 11.4. The summed E-state index contributed by atoms with van der Waals surface area (Å²) in [7, 11) is 0. The first-order valence-corrected chi connectivity index (χ1v) is 9.02. The summed E-state index contributed by atoms with van der Waals surface area (Å²) in [5, 5.41) is 25.8. The van der Waals surface area contributed by atoms with Crippen LogP contribution >= 0.6 is 24.0 Å². The molecule has 0 saturated carbocycles. The van der Waals surface area contributed by atoms with Gasteiger partial charge in [-0.05, 0) is 25.1 Å². The quantitative estimate of drug-likeness (QED) is 0.527. The Bertz CT molecular complexity index is 1020.